The number of Topliss-reactive ketones (excluding diaryl/α,β-unsaturated/α-hetero) is 1. The summed E-state index contributed by atoms with van der Waals surface area (Å²) in [6, 6.07) is 11.0. The van der Waals surface area contributed by atoms with Gasteiger partial charge >= 0.3 is 0 Å². The lowest BCUT2D eigenvalue weighted by Gasteiger charge is -2.32. The van der Waals surface area contributed by atoms with Crippen LogP contribution in [0.4, 0.5) is 0 Å². The third kappa shape index (κ3) is 2.78. The first-order valence-electron chi connectivity index (χ1n) is 7.77. The summed E-state index contributed by atoms with van der Waals surface area (Å²) in [5.74, 6) is 1.47. The van der Waals surface area contributed by atoms with Gasteiger partial charge in [0.2, 0.25) is 11.5 Å². The number of ketones is 1. The van der Waals surface area contributed by atoms with Crippen LogP contribution in [0, 0.1) is 0 Å². The molecule has 6 nitrogen and oxygen atoms in total. The first-order chi connectivity index (χ1) is 12.2. The Morgan fingerprint density at radius 1 is 0.920 bits per heavy atom. The van der Waals surface area contributed by atoms with Crippen LogP contribution in [0.25, 0.3) is 0 Å². The van der Waals surface area contributed by atoms with E-state index in [1.54, 1.807) is 6.07 Å². The smallest absolute Gasteiger partial charge is 0.211 e. The highest BCUT2D eigenvalue weighted by Crippen LogP contribution is 2.52. The summed E-state index contributed by atoms with van der Waals surface area (Å²) in [6.45, 7) is 0. The predicted molar refractivity (Wildman–Crippen MR) is 90.7 cm³/mol. The van der Waals surface area contributed by atoms with Gasteiger partial charge in [0.25, 0.3) is 0 Å². The molecule has 2 aromatic rings. The fourth-order valence-electron chi connectivity index (χ4n) is 3.06. The Morgan fingerprint density at radius 2 is 1.60 bits per heavy atom. The molecule has 25 heavy (non-hydrogen) atoms. The van der Waals surface area contributed by atoms with Crippen LogP contribution < -0.4 is 18.9 Å². The number of ether oxygens (including phenoxy) is 5. The summed E-state index contributed by atoms with van der Waals surface area (Å²) in [4.78, 5) is 13.0. The van der Waals surface area contributed by atoms with Crippen LogP contribution in [-0.4, -0.2) is 34.2 Å². The summed E-state index contributed by atoms with van der Waals surface area (Å²) in [7, 11) is 6.01. The van der Waals surface area contributed by atoms with Gasteiger partial charge in [0.1, 0.15) is 5.75 Å². The van der Waals surface area contributed by atoms with E-state index in [4.69, 9.17) is 23.7 Å². The van der Waals surface area contributed by atoms with Crippen LogP contribution >= 0.6 is 0 Å². The fraction of sp³-hybridized carbons (Fsp3) is 0.316. The van der Waals surface area contributed by atoms with Crippen LogP contribution in [0.1, 0.15) is 23.3 Å². The van der Waals surface area contributed by atoms with E-state index in [9.17, 15) is 4.79 Å². The Morgan fingerprint density at radius 3 is 2.16 bits per heavy atom. The van der Waals surface area contributed by atoms with Gasteiger partial charge in [-0.15, -0.1) is 0 Å². The Labute approximate surface area is 146 Å². The standard InChI is InChI=1S/C19H20O6/c1-21-13-10-12-14(19(24-4)17(13)22-2)18(23-3)15(20)16(25-12)11-8-6-5-7-9-11/h5-10,16,18H,1-4H3. The van der Waals surface area contributed by atoms with Crippen molar-refractivity contribution in [3.8, 4) is 23.0 Å². The molecule has 2 aromatic carbocycles. The van der Waals surface area contributed by atoms with E-state index in [-0.39, 0.29) is 5.78 Å². The Bertz CT molecular complexity index is 771. The maximum absolute atomic E-state index is 13.0. The molecule has 0 saturated carbocycles. The zero-order chi connectivity index (χ0) is 18.0. The lowest BCUT2D eigenvalue weighted by atomic mass is 9.92. The molecular formula is C19H20O6. The Kier molecular flexibility index (Phi) is 4.81. The molecule has 0 fully saturated rings. The lowest BCUT2D eigenvalue weighted by Crippen LogP contribution is -2.31. The Hall–Kier alpha value is -2.73. The van der Waals surface area contributed by atoms with E-state index in [1.807, 2.05) is 30.3 Å². The second kappa shape index (κ2) is 7.03. The highest BCUT2D eigenvalue weighted by atomic mass is 16.5. The van der Waals surface area contributed by atoms with Gasteiger partial charge < -0.3 is 23.7 Å². The van der Waals surface area contributed by atoms with Gasteiger partial charge in [0.15, 0.2) is 23.7 Å². The summed E-state index contributed by atoms with van der Waals surface area (Å²) >= 11 is 0. The highest BCUT2D eigenvalue weighted by Gasteiger charge is 2.42. The molecule has 1 heterocycles. The molecule has 0 bridgehead atoms. The third-order valence-electron chi connectivity index (χ3n) is 4.19. The lowest BCUT2D eigenvalue weighted by molar-refractivity contribution is -0.139. The van der Waals surface area contributed by atoms with Crippen molar-refractivity contribution in [1.82, 2.24) is 0 Å². The minimum atomic E-state index is -0.830. The van der Waals surface area contributed by atoms with E-state index >= 15 is 0 Å². The zero-order valence-corrected chi connectivity index (χ0v) is 14.6. The molecule has 0 aromatic heterocycles. The summed E-state index contributed by atoms with van der Waals surface area (Å²) in [6.07, 6.45) is -1.59. The minimum absolute atomic E-state index is 0.202. The van der Waals surface area contributed by atoms with E-state index in [0.717, 1.165) is 5.56 Å². The van der Waals surface area contributed by atoms with E-state index < -0.39 is 12.2 Å². The molecule has 0 radical (unpaired) electrons. The second-order valence-corrected chi connectivity index (χ2v) is 5.48. The topological polar surface area (TPSA) is 63.2 Å². The molecule has 0 aliphatic carbocycles. The van der Waals surface area contributed by atoms with Crippen LogP contribution in [0.3, 0.4) is 0 Å². The summed E-state index contributed by atoms with van der Waals surface area (Å²) in [5, 5.41) is 0. The van der Waals surface area contributed by atoms with E-state index in [2.05, 4.69) is 0 Å². The van der Waals surface area contributed by atoms with Crippen molar-refractivity contribution < 1.29 is 28.5 Å². The molecule has 6 heteroatoms. The van der Waals surface area contributed by atoms with Crippen LogP contribution in [-0.2, 0) is 9.53 Å². The first kappa shape index (κ1) is 17.1. The molecule has 2 unspecified atom stereocenters. The highest BCUT2D eigenvalue weighted by molar-refractivity contribution is 5.93. The molecule has 132 valence electrons. The maximum Gasteiger partial charge on any atom is 0.211 e. The molecule has 1 aliphatic heterocycles. The van der Waals surface area contributed by atoms with Crippen molar-refractivity contribution in [2.75, 3.05) is 28.4 Å². The molecule has 2 atom stereocenters. The molecular weight excluding hydrogens is 324 g/mol. The van der Waals surface area contributed by atoms with Gasteiger partial charge in [-0.2, -0.15) is 0 Å². The molecule has 1 aliphatic rings. The minimum Gasteiger partial charge on any atom is -0.493 e. The average Bonchev–Trinajstić information content (AvgIpc) is 2.66. The number of hydrogen-bond acceptors (Lipinski definition) is 6. The number of hydrogen-bond donors (Lipinski definition) is 0. The summed E-state index contributed by atoms with van der Waals surface area (Å²) < 4.78 is 27.7. The molecule has 0 saturated heterocycles. The van der Waals surface area contributed by atoms with E-state index in [0.29, 0.717) is 28.6 Å². The van der Waals surface area contributed by atoms with Crippen molar-refractivity contribution in [3.05, 3.63) is 47.5 Å². The number of carbonyl (C=O) groups is 1. The monoisotopic (exact) mass is 344 g/mol. The van der Waals surface area contributed by atoms with Gasteiger partial charge in [-0.1, -0.05) is 30.3 Å². The van der Waals surface area contributed by atoms with Crippen molar-refractivity contribution in [2.45, 2.75) is 12.2 Å². The van der Waals surface area contributed by atoms with Crippen molar-refractivity contribution >= 4 is 5.78 Å². The number of fused-ring (bicyclic) bond motifs is 1. The van der Waals surface area contributed by atoms with Crippen molar-refractivity contribution in [2.24, 2.45) is 0 Å². The largest absolute Gasteiger partial charge is 0.493 e. The molecule has 0 amide bonds. The molecule has 3 rings (SSSR count). The first-order valence-corrected chi connectivity index (χ1v) is 7.77. The molecule has 0 spiro atoms. The van der Waals surface area contributed by atoms with Crippen molar-refractivity contribution in [1.29, 1.82) is 0 Å². The normalized spacial score (nSPS) is 19.0. The van der Waals surface area contributed by atoms with Gasteiger partial charge in [-0.3, -0.25) is 4.79 Å². The number of rotatable bonds is 5. The summed E-state index contributed by atoms with van der Waals surface area (Å²) in [5.41, 5.74) is 1.26. The van der Waals surface area contributed by atoms with E-state index in [1.165, 1.54) is 28.4 Å². The van der Waals surface area contributed by atoms with Gasteiger partial charge in [0.05, 0.1) is 26.9 Å². The van der Waals surface area contributed by atoms with Gasteiger partial charge in [0, 0.05) is 13.2 Å². The fourth-order valence-corrected chi connectivity index (χ4v) is 3.06. The average molecular weight is 344 g/mol. The van der Waals surface area contributed by atoms with Crippen molar-refractivity contribution in [3.63, 3.8) is 0 Å². The van der Waals surface area contributed by atoms with Crippen LogP contribution in [0.5, 0.6) is 23.0 Å². The molecule has 0 N–H and O–H groups in total. The predicted octanol–water partition coefficient (Wildman–Crippen LogP) is 3.10. The van der Waals surface area contributed by atoms with Crippen LogP contribution in [0.2, 0.25) is 0 Å². The third-order valence-corrected chi connectivity index (χ3v) is 4.19. The maximum atomic E-state index is 13.0. The zero-order valence-electron chi connectivity index (χ0n) is 14.6. The van der Waals surface area contributed by atoms with Crippen LogP contribution in [0.15, 0.2) is 36.4 Å². The number of methoxy groups -OCH3 is 4. The number of carbonyl (C=O) groups excluding carboxylic acids is 1. The SMILES string of the molecule is COc1cc2c(c(OC)c1OC)C(OC)C(=O)C(c1ccccc1)O2. The number of benzene rings is 2. The van der Waals surface area contributed by atoms with Gasteiger partial charge in [-0.25, -0.2) is 0 Å². The quantitative estimate of drug-likeness (QED) is 0.830. The van der Waals surface area contributed by atoms with Gasteiger partial charge in [-0.05, 0) is 5.56 Å². The second-order valence-electron chi connectivity index (χ2n) is 5.48. The Balaban J connectivity index is 2.19.